The Hall–Kier alpha value is -1.95. The third-order valence-electron chi connectivity index (χ3n) is 4.04. The van der Waals surface area contributed by atoms with E-state index in [1.807, 2.05) is 6.07 Å². The summed E-state index contributed by atoms with van der Waals surface area (Å²) >= 11 is 0. The number of aromatic nitrogens is 1. The Bertz CT molecular complexity index is 673. The Morgan fingerprint density at radius 3 is 3.00 bits per heavy atom. The van der Waals surface area contributed by atoms with Crippen LogP contribution in [0.15, 0.2) is 21.3 Å². The van der Waals surface area contributed by atoms with Crippen molar-refractivity contribution in [3.8, 4) is 0 Å². The van der Waals surface area contributed by atoms with Gasteiger partial charge in [0.1, 0.15) is 0 Å². The van der Waals surface area contributed by atoms with E-state index in [0.29, 0.717) is 22.8 Å². The molecule has 3 rings (SSSR count). The molecule has 1 aliphatic heterocycles. The summed E-state index contributed by atoms with van der Waals surface area (Å²) in [6.07, 6.45) is 2.34. The predicted molar refractivity (Wildman–Crippen MR) is 80.2 cm³/mol. The molecule has 20 heavy (non-hydrogen) atoms. The lowest BCUT2D eigenvalue weighted by molar-refractivity contribution is 0.258. The average molecular weight is 276 g/mol. The lowest BCUT2D eigenvalue weighted by Crippen LogP contribution is -2.45. The highest BCUT2D eigenvalue weighted by atomic mass is 16.4. The number of oxazole rings is 1. The number of nitrogens with zero attached hydrogens (tertiary/aromatic N) is 2. The molecule has 1 unspecified atom stereocenters. The molecule has 1 atom stereocenters. The fourth-order valence-electron chi connectivity index (χ4n) is 2.87. The molecule has 2 heterocycles. The molecule has 6 heteroatoms. The Balaban J connectivity index is 1.96. The number of benzene rings is 1. The first-order valence-electron chi connectivity index (χ1n) is 6.88. The molecule has 0 spiro atoms. The monoisotopic (exact) mass is 276 g/mol. The van der Waals surface area contributed by atoms with Crippen LogP contribution in [0.5, 0.6) is 0 Å². The van der Waals surface area contributed by atoms with Gasteiger partial charge in [0.05, 0.1) is 16.9 Å². The molecule has 1 aliphatic rings. The first-order valence-corrected chi connectivity index (χ1v) is 6.88. The number of fused-ring (bicyclic) bond motifs is 1. The van der Waals surface area contributed by atoms with E-state index in [0.717, 1.165) is 25.2 Å². The van der Waals surface area contributed by atoms with Crippen LogP contribution in [0.25, 0.3) is 11.1 Å². The molecule has 0 aliphatic carbocycles. The van der Waals surface area contributed by atoms with Crippen molar-refractivity contribution in [1.82, 2.24) is 9.88 Å². The largest absolute Gasteiger partial charge is 0.417 e. The van der Waals surface area contributed by atoms with Gasteiger partial charge in [-0.05, 0) is 33.0 Å². The van der Waals surface area contributed by atoms with Crippen molar-refractivity contribution >= 4 is 22.5 Å². The van der Waals surface area contributed by atoms with Crippen LogP contribution in [0.2, 0.25) is 0 Å². The van der Waals surface area contributed by atoms with Crippen molar-refractivity contribution in [2.45, 2.75) is 18.9 Å². The molecule has 1 saturated heterocycles. The third-order valence-corrected chi connectivity index (χ3v) is 4.04. The highest BCUT2D eigenvalue weighted by Crippen LogP contribution is 2.30. The van der Waals surface area contributed by atoms with Crippen LogP contribution >= 0.6 is 0 Å². The van der Waals surface area contributed by atoms with Gasteiger partial charge in [-0.1, -0.05) is 0 Å². The van der Waals surface area contributed by atoms with E-state index in [2.05, 4.69) is 28.9 Å². The minimum atomic E-state index is -0.443. The van der Waals surface area contributed by atoms with Gasteiger partial charge in [-0.3, -0.25) is 4.98 Å². The normalized spacial score (nSPS) is 19.9. The highest BCUT2D eigenvalue weighted by molar-refractivity contribution is 5.85. The number of aromatic amines is 1. The van der Waals surface area contributed by atoms with Crippen molar-refractivity contribution in [3.05, 3.63) is 22.7 Å². The second-order valence-corrected chi connectivity index (χ2v) is 5.63. The molecule has 0 saturated carbocycles. The molecule has 0 radical (unpaired) electrons. The molecule has 2 aromatic rings. The average Bonchev–Trinajstić information content (AvgIpc) is 2.77. The number of nitrogens with one attached hydrogen (secondary N) is 1. The number of likely N-dealkylation sites (N-methyl/N-ethyl adjacent to an activating group) is 1. The van der Waals surface area contributed by atoms with Gasteiger partial charge in [-0.25, -0.2) is 4.79 Å². The fraction of sp³-hybridized carbons (Fsp3) is 0.500. The van der Waals surface area contributed by atoms with Gasteiger partial charge in [-0.15, -0.1) is 0 Å². The number of piperidine rings is 1. The van der Waals surface area contributed by atoms with E-state index in [4.69, 9.17) is 10.2 Å². The molecule has 108 valence electrons. The first kappa shape index (κ1) is 13.1. The number of hydrogen-bond donors (Lipinski definition) is 2. The smallest absolute Gasteiger partial charge is 0.408 e. The maximum atomic E-state index is 11.2. The Morgan fingerprint density at radius 1 is 1.45 bits per heavy atom. The highest BCUT2D eigenvalue weighted by Gasteiger charge is 2.23. The topological polar surface area (TPSA) is 78.5 Å². The van der Waals surface area contributed by atoms with E-state index >= 15 is 0 Å². The molecule has 6 nitrogen and oxygen atoms in total. The van der Waals surface area contributed by atoms with E-state index < -0.39 is 5.76 Å². The van der Waals surface area contributed by atoms with E-state index in [-0.39, 0.29) is 0 Å². The van der Waals surface area contributed by atoms with E-state index in [9.17, 15) is 4.79 Å². The molecule has 0 bridgehead atoms. The second-order valence-electron chi connectivity index (χ2n) is 5.63. The summed E-state index contributed by atoms with van der Waals surface area (Å²) in [7, 11) is 4.21. The van der Waals surface area contributed by atoms with Gasteiger partial charge < -0.3 is 20.0 Å². The Kier molecular flexibility index (Phi) is 3.17. The SMILES string of the molecule is CN(C)C1CCCN(c2cc3[nH]c(=O)oc3cc2N)C1. The van der Waals surface area contributed by atoms with Crippen LogP contribution < -0.4 is 16.4 Å². The molecule has 1 aromatic heterocycles. The summed E-state index contributed by atoms with van der Waals surface area (Å²) in [5.74, 6) is -0.443. The van der Waals surface area contributed by atoms with Crippen LogP contribution in [0.3, 0.4) is 0 Å². The standard InChI is InChI=1S/C14H20N4O2/c1-17(2)9-4-3-5-18(8-9)12-7-11-13(6-10(12)15)20-14(19)16-11/h6-7,9H,3-5,8,15H2,1-2H3,(H,16,19). The van der Waals surface area contributed by atoms with Gasteiger partial charge in [0.2, 0.25) is 0 Å². The van der Waals surface area contributed by atoms with E-state index in [1.165, 1.54) is 6.42 Å². The fourth-order valence-corrected chi connectivity index (χ4v) is 2.87. The summed E-state index contributed by atoms with van der Waals surface area (Å²) in [6.45, 7) is 1.94. The summed E-state index contributed by atoms with van der Waals surface area (Å²) in [5, 5.41) is 0. The number of hydrogen-bond acceptors (Lipinski definition) is 5. The van der Waals surface area contributed by atoms with Crippen molar-refractivity contribution in [1.29, 1.82) is 0 Å². The predicted octanol–water partition coefficient (Wildman–Crippen LogP) is 1.23. The van der Waals surface area contributed by atoms with Crippen LogP contribution in [-0.2, 0) is 0 Å². The van der Waals surface area contributed by atoms with Gasteiger partial charge in [-0.2, -0.15) is 0 Å². The Labute approximate surface area is 117 Å². The van der Waals surface area contributed by atoms with Crippen molar-refractivity contribution in [2.75, 3.05) is 37.8 Å². The maximum Gasteiger partial charge on any atom is 0.417 e. The van der Waals surface area contributed by atoms with Gasteiger partial charge in [0, 0.05) is 25.2 Å². The zero-order valence-electron chi connectivity index (χ0n) is 11.8. The quantitative estimate of drug-likeness (QED) is 0.807. The molecule has 0 amide bonds. The van der Waals surface area contributed by atoms with Crippen molar-refractivity contribution < 1.29 is 4.42 Å². The summed E-state index contributed by atoms with van der Waals surface area (Å²) < 4.78 is 5.03. The summed E-state index contributed by atoms with van der Waals surface area (Å²) in [6, 6.07) is 4.16. The van der Waals surface area contributed by atoms with Crippen LogP contribution in [0.4, 0.5) is 11.4 Å². The lowest BCUT2D eigenvalue weighted by Gasteiger charge is -2.37. The van der Waals surface area contributed by atoms with Crippen molar-refractivity contribution in [2.24, 2.45) is 0 Å². The first-order chi connectivity index (χ1) is 9.54. The van der Waals surface area contributed by atoms with Crippen LogP contribution in [0.1, 0.15) is 12.8 Å². The van der Waals surface area contributed by atoms with Crippen LogP contribution in [0, 0.1) is 0 Å². The lowest BCUT2D eigenvalue weighted by atomic mass is 10.0. The molecule has 1 fully saturated rings. The number of nitrogen functional groups attached to an aromatic ring is 1. The number of anilines is 2. The third kappa shape index (κ3) is 2.27. The number of H-pyrrole nitrogens is 1. The maximum absolute atomic E-state index is 11.2. The van der Waals surface area contributed by atoms with Gasteiger partial charge in [0.25, 0.3) is 0 Å². The van der Waals surface area contributed by atoms with Gasteiger partial charge in [0.15, 0.2) is 5.58 Å². The van der Waals surface area contributed by atoms with Crippen molar-refractivity contribution in [3.63, 3.8) is 0 Å². The molecular weight excluding hydrogens is 256 g/mol. The minimum Gasteiger partial charge on any atom is -0.408 e. The van der Waals surface area contributed by atoms with E-state index in [1.54, 1.807) is 6.07 Å². The summed E-state index contributed by atoms with van der Waals surface area (Å²) in [5.41, 5.74) is 8.95. The second kappa shape index (κ2) is 4.86. The van der Waals surface area contributed by atoms with Gasteiger partial charge >= 0.3 is 5.76 Å². The molecule has 1 aromatic carbocycles. The zero-order valence-corrected chi connectivity index (χ0v) is 11.8. The minimum absolute atomic E-state index is 0.443. The van der Waals surface area contributed by atoms with Crippen LogP contribution in [-0.4, -0.2) is 43.1 Å². The summed E-state index contributed by atoms with van der Waals surface area (Å²) in [4.78, 5) is 18.5. The number of rotatable bonds is 2. The molecular formula is C14H20N4O2. The Morgan fingerprint density at radius 2 is 2.25 bits per heavy atom. The zero-order chi connectivity index (χ0) is 14.3. The number of nitrogens with two attached hydrogens (primary N) is 1. The molecule has 3 N–H and O–H groups in total.